The third-order valence-electron chi connectivity index (χ3n) is 3.30. The smallest absolute Gasteiger partial charge is 0.179 e. The maximum atomic E-state index is 11.9. The van der Waals surface area contributed by atoms with E-state index in [9.17, 15) is 4.79 Å². The predicted molar refractivity (Wildman–Crippen MR) is 74.8 cm³/mol. The SMILES string of the molecule is COc1ccc(I)c2[nH]c3c(c12)CCCC3=O. The summed E-state index contributed by atoms with van der Waals surface area (Å²) in [6, 6.07) is 3.98. The molecule has 0 saturated heterocycles. The van der Waals surface area contributed by atoms with Gasteiger partial charge in [0.05, 0.1) is 18.3 Å². The van der Waals surface area contributed by atoms with E-state index < -0.39 is 0 Å². The third-order valence-corrected chi connectivity index (χ3v) is 4.20. The van der Waals surface area contributed by atoms with Gasteiger partial charge < -0.3 is 9.72 Å². The van der Waals surface area contributed by atoms with E-state index in [0.29, 0.717) is 6.42 Å². The van der Waals surface area contributed by atoms with Gasteiger partial charge in [-0.3, -0.25) is 4.79 Å². The fourth-order valence-corrected chi connectivity index (χ4v) is 3.10. The molecular formula is C13H12INO2. The van der Waals surface area contributed by atoms with Crippen LogP contribution in [0, 0.1) is 3.57 Å². The molecule has 1 aromatic heterocycles. The molecular weight excluding hydrogens is 329 g/mol. The molecule has 0 fully saturated rings. The molecule has 88 valence electrons. The first kappa shape index (κ1) is 11.1. The second-order valence-corrected chi connectivity index (χ2v) is 5.42. The lowest BCUT2D eigenvalue weighted by Crippen LogP contribution is -2.09. The zero-order valence-corrected chi connectivity index (χ0v) is 11.6. The Balaban J connectivity index is 2.41. The Morgan fingerprint density at radius 2 is 2.18 bits per heavy atom. The van der Waals surface area contributed by atoms with Gasteiger partial charge in [-0.1, -0.05) is 0 Å². The number of hydrogen-bond acceptors (Lipinski definition) is 2. The minimum atomic E-state index is 0.223. The number of H-pyrrole nitrogens is 1. The largest absolute Gasteiger partial charge is 0.496 e. The maximum Gasteiger partial charge on any atom is 0.179 e. The number of aromatic amines is 1. The van der Waals surface area contributed by atoms with Crippen molar-refractivity contribution in [1.82, 2.24) is 4.98 Å². The van der Waals surface area contributed by atoms with Gasteiger partial charge in [0.15, 0.2) is 5.78 Å². The zero-order chi connectivity index (χ0) is 12.0. The van der Waals surface area contributed by atoms with Gasteiger partial charge in [0.1, 0.15) is 5.75 Å². The Kier molecular flexibility index (Phi) is 2.61. The van der Waals surface area contributed by atoms with Crippen LogP contribution in [-0.2, 0) is 6.42 Å². The molecule has 0 atom stereocenters. The average Bonchev–Trinajstić information content (AvgIpc) is 2.72. The molecule has 3 rings (SSSR count). The molecule has 0 amide bonds. The van der Waals surface area contributed by atoms with Gasteiger partial charge in [-0.2, -0.15) is 0 Å². The minimum Gasteiger partial charge on any atom is -0.496 e. The average molecular weight is 341 g/mol. The van der Waals surface area contributed by atoms with E-state index in [1.54, 1.807) is 7.11 Å². The third kappa shape index (κ3) is 1.57. The summed E-state index contributed by atoms with van der Waals surface area (Å²) in [7, 11) is 1.67. The van der Waals surface area contributed by atoms with Crippen molar-refractivity contribution in [3.63, 3.8) is 0 Å². The molecule has 0 radical (unpaired) electrons. The van der Waals surface area contributed by atoms with Crippen LogP contribution in [0.15, 0.2) is 12.1 Å². The Bertz CT molecular complexity index is 615. The summed E-state index contributed by atoms with van der Waals surface area (Å²) in [5, 5.41) is 1.09. The van der Waals surface area contributed by atoms with Crippen molar-refractivity contribution in [3.8, 4) is 5.75 Å². The van der Waals surface area contributed by atoms with E-state index in [0.717, 1.165) is 44.3 Å². The highest BCUT2D eigenvalue weighted by atomic mass is 127. The lowest BCUT2D eigenvalue weighted by atomic mass is 9.94. The van der Waals surface area contributed by atoms with E-state index in [1.165, 1.54) is 0 Å². The first-order chi connectivity index (χ1) is 8.22. The molecule has 0 bridgehead atoms. The minimum absolute atomic E-state index is 0.223. The Morgan fingerprint density at radius 3 is 2.94 bits per heavy atom. The van der Waals surface area contributed by atoms with Gasteiger partial charge in [0.25, 0.3) is 0 Å². The van der Waals surface area contributed by atoms with E-state index in [-0.39, 0.29) is 5.78 Å². The Hall–Kier alpha value is -1.04. The molecule has 3 nitrogen and oxygen atoms in total. The molecule has 0 saturated carbocycles. The zero-order valence-electron chi connectivity index (χ0n) is 9.47. The number of carbonyl (C=O) groups is 1. The maximum absolute atomic E-state index is 11.9. The van der Waals surface area contributed by atoms with Crippen molar-refractivity contribution in [2.24, 2.45) is 0 Å². The molecule has 0 spiro atoms. The molecule has 4 heteroatoms. The molecule has 17 heavy (non-hydrogen) atoms. The van der Waals surface area contributed by atoms with Crippen molar-refractivity contribution in [1.29, 1.82) is 0 Å². The van der Waals surface area contributed by atoms with Crippen LogP contribution in [0.5, 0.6) is 5.75 Å². The highest BCUT2D eigenvalue weighted by molar-refractivity contribution is 14.1. The number of carbonyl (C=O) groups excluding carboxylic acids is 1. The second-order valence-electron chi connectivity index (χ2n) is 4.25. The van der Waals surface area contributed by atoms with Crippen LogP contribution >= 0.6 is 22.6 Å². The predicted octanol–water partition coefficient (Wildman–Crippen LogP) is 3.30. The number of ether oxygens (including phenoxy) is 1. The highest BCUT2D eigenvalue weighted by Gasteiger charge is 2.24. The number of Topliss-reactive ketones (excluding diaryl/α,β-unsaturated/α-hetero) is 1. The topological polar surface area (TPSA) is 42.1 Å². The Morgan fingerprint density at radius 1 is 1.35 bits per heavy atom. The van der Waals surface area contributed by atoms with Gasteiger partial charge in [-0.25, -0.2) is 0 Å². The second kappa shape index (κ2) is 4.01. The number of aryl methyl sites for hydroxylation is 1. The molecule has 1 heterocycles. The van der Waals surface area contributed by atoms with Gasteiger partial charge in [0.2, 0.25) is 0 Å². The van der Waals surface area contributed by atoms with Crippen LogP contribution in [0.25, 0.3) is 10.9 Å². The lowest BCUT2D eigenvalue weighted by molar-refractivity contribution is 0.0968. The van der Waals surface area contributed by atoms with Crippen LogP contribution in [0.1, 0.15) is 28.9 Å². The van der Waals surface area contributed by atoms with Crippen molar-refractivity contribution in [3.05, 3.63) is 27.0 Å². The Labute approximate surface area is 113 Å². The first-order valence-corrected chi connectivity index (χ1v) is 6.70. The number of fused-ring (bicyclic) bond motifs is 3. The van der Waals surface area contributed by atoms with E-state index in [1.807, 2.05) is 12.1 Å². The van der Waals surface area contributed by atoms with Crippen molar-refractivity contribution >= 4 is 39.3 Å². The summed E-state index contributed by atoms with van der Waals surface area (Å²) in [5.41, 5.74) is 2.95. The standard InChI is InChI=1S/C13H12INO2/c1-17-10-6-5-8(14)13-11(10)7-3-2-4-9(16)12(7)15-13/h5-6,15H,2-4H2,1H3. The summed E-state index contributed by atoms with van der Waals surface area (Å²) in [6.07, 6.45) is 2.55. The van der Waals surface area contributed by atoms with Crippen LogP contribution in [0.2, 0.25) is 0 Å². The van der Waals surface area contributed by atoms with Crippen molar-refractivity contribution in [2.75, 3.05) is 7.11 Å². The number of hydrogen-bond donors (Lipinski definition) is 1. The number of nitrogens with one attached hydrogen (secondary N) is 1. The van der Waals surface area contributed by atoms with E-state index >= 15 is 0 Å². The molecule has 1 aromatic carbocycles. The van der Waals surface area contributed by atoms with Gasteiger partial charge in [0, 0.05) is 15.4 Å². The lowest BCUT2D eigenvalue weighted by Gasteiger charge is -2.10. The van der Waals surface area contributed by atoms with E-state index in [4.69, 9.17) is 4.74 Å². The normalized spacial score (nSPS) is 15.1. The van der Waals surface area contributed by atoms with Gasteiger partial charge in [-0.15, -0.1) is 0 Å². The molecule has 0 unspecified atom stereocenters. The summed E-state index contributed by atoms with van der Waals surface area (Å²) >= 11 is 2.28. The molecule has 2 aromatic rings. The summed E-state index contributed by atoms with van der Waals surface area (Å²) < 4.78 is 6.53. The van der Waals surface area contributed by atoms with Gasteiger partial charge >= 0.3 is 0 Å². The molecule has 1 N–H and O–H groups in total. The molecule has 0 aliphatic heterocycles. The first-order valence-electron chi connectivity index (χ1n) is 5.62. The van der Waals surface area contributed by atoms with Crippen LogP contribution in [-0.4, -0.2) is 17.9 Å². The number of aromatic nitrogens is 1. The number of rotatable bonds is 1. The van der Waals surface area contributed by atoms with Crippen LogP contribution in [0.4, 0.5) is 0 Å². The fraction of sp³-hybridized carbons (Fsp3) is 0.308. The van der Waals surface area contributed by atoms with Crippen LogP contribution < -0.4 is 4.74 Å². The van der Waals surface area contributed by atoms with Crippen LogP contribution in [0.3, 0.4) is 0 Å². The van der Waals surface area contributed by atoms with E-state index in [2.05, 4.69) is 27.6 Å². The monoisotopic (exact) mass is 341 g/mol. The number of ketones is 1. The van der Waals surface area contributed by atoms with Crippen molar-refractivity contribution < 1.29 is 9.53 Å². The number of benzene rings is 1. The quantitative estimate of drug-likeness (QED) is 0.809. The number of methoxy groups -OCH3 is 1. The van der Waals surface area contributed by atoms with Gasteiger partial charge in [-0.05, 0) is 53.1 Å². The molecule has 1 aliphatic carbocycles. The highest BCUT2D eigenvalue weighted by Crippen LogP contribution is 2.37. The summed E-state index contributed by atoms with van der Waals surface area (Å²) in [4.78, 5) is 15.2. The number of halogens is 1. The summed E-state index contributed by atoms with van der Waals surface area (Å²) in [6.45, 7) is 0. The molecule has 1 aliphatic rings. The van der Waals surface area contributed by atoms with Crippen molar-refractivity contribution in [2.45, 2.75) is 19.3 Å². The fourth-order valence-electron chi connectivity index (χ4n) is 2.51. The summed E-state index contributed by atoms with van der Waals surface area (Å²) in [5.74, 6) is 1.08.